The molecule has 0 amide bonds. The van der Waals surface area contributed by atoms with Gasteiger partial charge in [-0.1, -0.05) is 199 Å². The molecule has 87 heavy (non-hydrogen) atoms. The third kappa shape index (κ3) is 8.05. The summed E-state index contributed by atoms with van der Waals surface area (Å²) in [4.78, 5) is 8.36. The number of hydrogen-bond acceptors (Lipinski definition) is 4. The molecular weight excluding hydrogens is 1070 g/mol. The number of nitrogens with zero attached hydrogens (tertiary/aromatic N) is 3. The smallest absolute Gasteiger partial charge is 0.252 e. The molecule has 9 aromatic carbocycles. The highest BCUT2D eigenvalue weighted by atomic mass is 32.1. The van der Waals surface area contributed by atoms with Crippen LogP contribution < -0.4 is 31.1 Å². The number of fused-ring (bicyclic) bond motifs is 12. The van der Waals surface area contributed by atoms with Crippen LogP contribution in [0.5, 0.6) is 0 Å². The topological polar surface area (TPSA) is 9.72 Å². The first kappa shape index (κ1) is 55.0. The summed E-state index contributed by atoms with van der Waals surface area (Å²) < 4.78 is 2.65. The zero-order valence-corrected chi connectivity index (χ0v) is 54.5. The van der Waals surface area contributed by atoms with Gasteiger partial charge in [0.15, 0.2) is 0 Å². The maximum absolute atomic E-state index is 2.87. The molecule has 0 spiro atoms. The Balaban J connectivity index is 1.03. The highest BCUT2D eigenvalue weighted by molar-refractivity contribution is 7.25. The monoisotopic (exact) mass is 1150 g/mol. The van der Waals surface area contributed by atoms with E-state index in [4.69, 9.17) is 0 Å². The van der Waals surface area contributed by atoms with Gasteiger partial charge in [-0.05, 0) is 217 Å². The van der Waals surface area contributed by atoms with Gasteiger partial charge in [-0.2, -0.15) is 0 Å². The van der Waals surface area contributed by atoms with Crippen LogP contribution in [-0.2, 0) is 32.5 Å². The summed E-state index contributed by atoms with van der Waals surface area (Å²) in [5, 5.41) is 2.63. The molecular formula is C82H84BN3S. The quantitative estimate of drug-likeness (QED) is 0.159. The minimum atomic E-state index is -0.206. The molecule has 16 rings (SSSR count). The van der Waals surface area contributed by atoms with E-state index in [2.05, 4.69) is 281 Å². The summed E-state index contributed by atoms with van der Waals surface area (Å²) in [6.45, 7) is 32.2. The van der Waals surface area contributed by atoms with Crippen LogP contribution in [-0.4, -0.2) is 12.3 Å². The fraction of sp³-hybridized carbons (Fsp3) is 0.341. The molecule has 0 saturated heterocycles. The first-order valence-electron chi connectivity index (χ1n) is 32.7. The van der Waals surface area contributed by atoms with E-state index < -0.39 is 0 Å². The zero-order valence-electron chi connectivity index (χ0n) is 53.7. The fourth-order valence-electron chi connectivity index (χ4n) is 17.6. The normalized spacial score (nSPS) is 21.6. The van der Waals surface area contributed by atoms with E-state index in [0.29, 0.717) is 0 Å². The van der Waals surface area contributed by atoms with Crippen molar-refractivity contribution in [2.24, 2.45) is 0 Å². The van der Waals surface area contributed by atoms with Crippen molar-refractivity contribution < 1.29 is 0 Å². The van der Waals surface area contributed by atoms with Crippen molar-refractivity contribution in [1.82, 2.24) is 0 Å². The van der Waals surface area contributed by atoms with Gasteiger partial charge in [0.05, 0.1) is 5.54 Å². The first-order chi connectivity index (χ1) is 41.4. The summed E-state index contributed by atoms with van der Waals surface area (Å²) in [6, 6.07) is 70.4. The Bertz CT molecular complexity index is 4510. The SMILES string of the molecule is CC(C)(C)c1ccc(-c2ccc3c(c2)C2(C)CCCCC2(C)N3c2cc3c4c(c2)N(c2ccc5c(c2)C(C)(C)CCC5(C)C)c2cc5c(cc2B4c2ccc(-c4ccccc4)cc2N3c2ccc3sc4ccccc4c3c2)C(C)(C)CCC5(C)C)cc1. The number of benzene rings is 9. The second-order valence-corrected chi connectivity index (χ2v) is 32.4. The van der Waals surface area contributed by atoms with Crippen LogP contribution in [0.15, 0.2) is 176 Å². The zero-order chi connectivity index (χ0) is 60.1. The predicted molar refractivity (Wildman–Crippen MR) is 376 cm³/mol. The molecule has 0 bridgehead atoms. The third-order valence-corrected chi connectivity index (χ3v) is 24.4. The predicted octanol–water partition coefficient (Wildman–Crippen LogP) is 21.2. The lowest BCUT2D eigenvalue weighted by Gasteiger charge is -2.51. The minimum absolute atomic E-state index is 0.00378. The van der Waals surface area contributed by atoms with Crippen molar-refractivity contribution in [3.05, 3.63) is 209 Å². The van der Waals surface area contributed by atoms with Crippen LogP contribution >= 0.6 is 11.3 Å². The Morgan fingerprint density at radius 2 is 0.931 bits per heavy atom. The molecule has 4 heterocycles. The molecule has 0 N–H and O–H groups in total. The number of hydrogen-bond donors (Lipinski definition) is 0. The summed E-state index contributed by atoms with van der Waals surface area (Å²) in [5.74, 6) is 0. The van der Waals surface area contributed by atoms with Crippen LogP contribution in [0.4, 0.5) is 45.5 Å². The highest BCUT2D eigenvalue weighted by Crippen LogP contribution is 2.63. The second kappa shape index (κ2) is 18.6. The van der Waals surface area contributed by atoms with Crippen LogP contribution in [0.1, 0.15) is 175 Å². The molecule has 3 aliphatic carbocycles. The molecule has 5 heteroatoms. The standard InChI is InChI=1S/C82H84BN3S/c1-76(2,3)55-29-25-52(26-30-55)53-28-35-68-65(43-53)81(12)37-19-20-38-82(81,13)86(68)58-47-71-75-72(48-58)85(57-31-33-61-62(46-57)78(6,7)40-39-77(61,4)5)70-50-64-63(79(8,9)41-42-80(64,10)11)49-67(70)83(75)66-34-27-54(51-21-15-14-16-22-51)44-69(66)84(71)56-32-36-74-60(45-56)59-23-17-18-24-73(59)87-74/h14-18,21-36,43-50H,19-20,37-42H2,1-13H3. The molecule has 2 unspecified atom stereocenters. The molecule has 1 aromatic heterocycles. The molecule has 6 aliphatic rings. The highest BCUT2D eigenvalue weighted by Gasteiger charge is 2.58. The maximum atomic E-state index is 2.87. The molecule has 1 saturated carbocycles. The van der Waals surface area contributed by atoms with Gasteiger partial charge in [0.25, 0.3) is 6.71 Å². The van der Waals surface area contributed by atoms with Gasteiger partial charge in [-0.3, -0.25) is 0 Å². The molecule has 436 valence electrons. The molecule has 10 aromatic rings. The molecule has 2 atom stereocenters. The summed E-state index contributed by atoms with van der Waals surface area (Å²) in [5.41, 5.74) is 28.1. The van der Waals surface area contributed by atoms with Crippen LogP contribution in [0.25, 0.3) is 42.4 Å². The van der Waals surface area contributed by atoms with Gasteiger partial charge in [-0.25, -0.2) is 0 Å². The van der Waals surface area contributed by atoms with E-state index in [-0.39, 0.29) is 44.7 Å². The second-order valence-electron chi connectivity index (χ2n) is 31.3. The summed E-state index contributed by atoms with van der Waals surface area (Å²) >= 11 is 1.91. The number of thiophene rings is 1. The van der Waals surface area contributed by atoms with Crippen LogP contribution in [0, 0.1) is 0 Å². The Hall–Kier alpha value is -7.34. The number of anilines is 8. The number of rotatable bonds is 5. The van der Waals surface area contributed by atoms with E-state index in [1.54, 1.807) is 0 Å². The maximum Gasteiger partial charge on any atom is 0.252 e. The lowest BCUT2D eigenvalue weighted by Crippen LogP contribution is -2.62. The minimum Gasteiger partial charge on any atom is -0.334 e. The molecule has 1 fully saturated rings. The van der Waals surface area contributed by atoms with Gasteiger partial charge in [0.1, 0.15) is 0 Å². The average molecular weight is 1150 g/mol. The summed E-state index contributed by atoms with van der Waals surface area (Å²) in [7, 11) is 0. The lowest BCUT2D eigenvalue weighted by atomic mass is 9.33. The lowest BCUT2D eigenvalue weighted by molar-refractivity contribution is 0.195. The van der Waals surface area contributed by atoms with E-state index in [1.807, 2.05) is 11.3 Å². The van der Waals surface area contributed by atoms with Crippen molar-refractivity contribution >= 4 is 100 Å². The Labute approximate surface area is 522 Å². The van der Waals surface area contributed by atoms with Crippen molar-refractivity contribution in [3.8, 4) is 22.3 Å². The van der Waals surface area contributed by atoms with Crippen molar-refractivity contribution in [2.45, 2.75) is 179 Å². The fourth-order valence-corrected chi connectivity index (χ4v) is 18.7. The Morgan fingerprint density at radius 3 is 1.63 bits per heavy atom. The van der Waals surface area contributed by atoms with Crippen molar-refractivity contribution in [1.29, 1.82) is 0 Å². The van der Waals surface area contributed by atoms with E-state index in [9.17, 15) is 0 Å². The van der Waals surface area contributed by atoms with Gasteiger partial charge >= 0.3 is 0 Å². The Kier molecular flexibility index (Phi) is 11.8. The molecule has 3 aliphatic heterocycles. The average Bonchev–Trinajstić information content (AvgIpc) is 1.67. The largest absolute Gasteiger partial charge is 0.334 e. The van der Waals surface area contributed by atoms with Gasteiger partial charge < -0.3 is 14.7 Å². The Morgan fingerprint density at radius 1 is 0.379 bits per heavy atom. The van der Waals surface area contributed by atoms with E-state index >= 15 is 0 Å². The first-order valence-corrected chi connectivity index (χ1v) is 33.5. The van der Waals surface area contributed by atoms with E-state index in [0.717, 1.165) is 32.1 Å². The van der Waals surface area contributed by atoms with Gasteiger partial charge in [0, 0.05) is 71.1 Å². The third-order valence-electron chi connectivity index (χ3n) is 23.3. The van der Waals surface area contributed by atoms with Gasteiger partial charge in [0.2, 0.25) is 0 Å². The van der Waals surface area contributed by atoms with Gasteiger partial charge in [-0.15, -0.1) is 11.3 Å². The summed E-state index contributed by atoms with van der Waals surface area (Å²) in [6.07, 6.45) is 9.33. The van der Waals surface area contributed by atoms with Crippen LogP contribution in [0.3, 0.4) is 0 Å². The molecule has 3 nitrogen and oxygen atoms in total. The molecule has 0 radical (unpaired) electrons. The van der Waals surface area contributed by atoms with Crippen molar-refractivity contribution in [3.63, 3.8) is 0 Å². The van der Waals surface area contributed by atoms with Crippen molar-refractivity contribution in [2.75, 3.05) is 14.7 Å². The van der Waals surface area contributed by atoms with E-state index in [1.165, 1.54) is 157 Å². The van der Waals surface area contributed by atoms with Crippen LogP contribution in [0.2, 0.25) is 0 Å².